The molecule has 2 aromatic rings. The second-order valence-electron chi connectivity index (χ2n) is 6.24. The summed E-state index contributed by atoms with van der Waals surface area (Å²) in [5.41, 5.74) is 1.85. The van der Waals surface area contributed by atoms with Crippen LogP contribution in [0.2, 0.25) is 0 Å². The molecule has 0 aliphatic rings. The summed E-state index contributed by atoms with van der Waals surface area (Å²) >= 11 is 3.41. The molecule has 0 fully saturated rings. The molecule has 0 bridgehead atoms. The first-order valence-electron chi connectivity index (χ1n) is 8.89. The van der Waals surface area contributed by atoms with Crippen molar-refractivity contribution >= 4 is 27.7 Å². The summed E-state index contributed by atoms with van der Waals surface area (Å²) in [5, 5.41) is 2.80. The van der Waals surface area contributed by atoms with Gasteiger partial charge in [0.1, 0.15) is 11.8 Å². The van der Waals surface area contributed by atoms with Gasteiger partial charge in [-0.25, -0.2) is 0 Å². The number of nitrogens with one attached hydrogen (secondary N) is 1. The van der Waals surface area contributed by atoms with Gasteiger partial charge in [-0.3, -0.25) is 9.59 Å². The fourth-order valence-corrected chi connectivity index (χ4v) is 2.97. The third-order valence-electron chi connectivity index (χ3n) is 4.30. The Labute approximate surface area is 168 Å². The molecule has 5 nitrogen and oxygen atoms in total. The third-order valence-corrected chi connectivity index (χ3v) is 4.83. The lowest BCUT2D eigenvalue weighted by Gasteiger charge is -2.29. The highest BCUT2D eigenvalue weighted by atomic mass is 79.9. The molecule has 0 aliphatic carbocycles. The molecule has 0 saturated carbocycles. The van der Waals surface area contributed by atoms with E-state index < -0.39 is 6.04 Å². The lowest BCUT2D eigenvalue weighted by Crippen LogP contribution is -2.48. The van der Waals surface area contributed by atoms with Gasteiger partial charge in [-0.15, -0.1) is 0 Å². The molecule has 2 aromatic carbocycles. The summed E-state index contributed by atoms with van der Waals surface area (Å²) in [7, 11) is 1.61. The molecule has 144 valence electrons. The number of hydrogen-bond acceptors (Lipinski definition) is 3. The zero-order valence-corrected chi connectivity index (χ0v) is 17.5. The average Bonchev–Trinajstić information content (AvgIpc) is 2.67. The van der Waals surface area contributed by atoms with Crippen molar-refractivity contribution < 1.29 is 14.3 Å². The number of nitrogens with zero attached hydrogens (tertiary/aromatic N) is 1. The number of hydrogen-bond donors (Lipinski definition) is 1. The number of methoxy groups -OCH3 is 1. The monoisotopic (exact) mass is 432 g/mol. The second-order valence-corrected chi connectivity index (χ2v) is 7.16. The van der Waals surface area contributed by atoms with Crippen LogP contribution < -0.4 is 10.1 Å². The van der Waals surface area contributed by atoms with E-state index in [-0.39, 0.29) is 18.2 Å². The van der Waals surface area contributed by atoms with E-state index in [0.717, 1.165) is 21.3 Å². The Morgan fingerprint density at radius 2 is 1.67 bits per heavy atom. The van der Waals surface area contributed by atoms with E-state index in [1.54, 1.807) is 18.9 Å². The molecule has 0 saturated heterocycles. The molecule has 1 atom stereocenters. The minimum Gasteiger partial charge on any atom is -0.497 e. The van der Waals surface area contributed by atoms with E-state index in [1.807, 2.05) is 55.5 Å². The van der Waals surface area contributed by atoms with E-state index in [9.17, 15) is 9.59 Å². The highest BCUT2D eigenvalue weighted by Gasteiger charge is 2.25. The Hall–Kier alpha value is -2.34. The number of carbonyl (C=O) groups excluding carboxylic acids is 2. The fraction of sp³-hybridized carbons (Fsp3) is 0.333. The van der Waals surface area contributed by atoms with Gasteiger partial charge in [-0.2, -0.15) is 0 Å². The molecule has 0 unspecified atom stereocenters. The molecular formula is C21H25BrN2O3. The van der Waals surface area contributed by atoms with Crippen LogP contribution in [0.5, 0.6) is 5.75 Å². The zero-order chi connectivity index (χ0) is 19.8. The predicted molar refractivity (Wildman–Crippen MR) is 110 cm³/mol. The van der Waals surface area contributed by atoms with Crippen LogP contribution >= 0.6 is 15.9 Å². The van der Waals surface area contributed by atoms with Gasteiger partial charge in [0, 0.05) is 17.6 Å². The van der Waals surface area contributed by atoms with Crippen LogP contribution in [0.25, 0.3) is 0 Å². The molecule has 0 heterocycles. The number of carbonyl (C=O) groups is 2. The van der Waals surface area contributed by atoms with Gasteiger partial charge in [-0.05, 0) is 49.2 Å². The highest BCUT2D eigenvalue weighted by molar-refractivity contribution is 9.10. The zero-order valence-electron chi connectivity index (χ0n) is 15.9. The summed E-state index contributed by atoms with van der Waals surface area (Å²) in [5.74, 6) is 0.494. The van der Waals surface area contributed by atoms with Gasteiger partial charge in [0.2, 0.25) is 11.8 Å². The fourth-order valence-electron chi connectivity index (χ4n) is 2.71. The molecule has 0 spiro atoms. The summed E-state index contributed by atoms with van der Waals surface area (Å²) in [4.78, 5) is 27.0. The number of likely N-dealkylation sites (N-methyl/N-ethyl adjacent to an activating group) is 1. The first-order valence-corrected chi connectivity index (χ1v) is 9.68. The lowest BCUT2D eigenvalue weighted by atomic mass is 10.1. The van der Waals surface area contributed by atoms with Crippen molar-refractivity contribution in [3.8, 4) is 5.75 Å². The topological polar surface area (TPSA) is 58.6 Å². The molecule has 2 rings (SSSR count). The summed E-state index contributed by atoms with van der Waals surface area (Å²) in [6.45, 7) is 4.53. The maximum atomic E-state index is 13.0. The van der Waals surface area contributed by atoms with Crippen LogP contribution in [-0.4, -0.2) is 36.4 Å². The maximum Gasteiger partial charge on any atom is 0.242 e. The molecule has 27 heavy (non-hydrogen) atoms. The first-order chi connectivity index (χ1) is 12.9. The minimum atomic E-state index is -0.556. The van der Waals surface area contributed by atoms with E-state index in [1.165, 1.54) is 0 Å². The summed E-state index contributed by atoms with van der Waals surface area (Å²) in [6, 6.07) is 14.6. The lowest BCUT2D eigenvalue weighted by molar-refractivity contribution is -0.140. The standard InChI is InChI=1S/C21H25BrN2O3/c1-4-23-21(26)15(2)24(14-17-5-9-18(22)10-6-17)20(25)13-16-7-11-19(27-3)12-8-16/h5-12,15H,4,13-14H2,1-3H3,(H,23,26)/t15-/m0/s1. The Morgan fingerprint density at radius 1 is 1.07 bits per heavy atom. The van der Waals surface area contributed by atoms with Crippen LogP contribution in [-0.2, 0) is 22.6 Å². The second kappa shape index (κ2) is 10.1. The molecule has 0 radical (unpaired) electrons. The van der Waals surface area contributed by atoms with Crippen molar-refractivity contribution in [2.24, 2.45) is 0 Å². The quantitative estimate of drug-likeness (QED) is 0.693. The van der Waals surface area contributed by atoms with Crippen LogP contribution in [0.3, 0.4) is 0 Å². The number of benzene rings is 2. The van der Waals surface area contributed by atoms with E-state index in [4.69, 9.17) is 4.74 Å². The largest absolute Gasteiger partial charge is 0.497 e. The van der Waals surface area contributed by atoms with Gasteiger partial charge in [0.25, 0.3) is 0 Å². The predicted octanol–water partition coefficient (Wildman–Crippen LogP) is 3.55. The molecule has 6 heteroatoms. The van der Waals surface area contributed by atoms with Crippen molar-refractivity contribution in [2.45, 2.75) is 32.9 Å². The molecule has 2 amide bonds. The van der Waals surface area contributed by atoms with E-state index in [2.05, 4.69) is 21.2 Å². The van der Waals surface area contributed by atoms with Crippen molar-refractivity contribution in [1.82, 2.24) is 10.2 Å². The highest BCUT2D eigenvalue weighted by Crippen LogP contribution is 2.17. The Morgan fingerprint density at radius 3 is 2.22 bits per heavy atom. The summed E-state index contributed by atoms with van der Waals surface area (Å²) in [6.07, 6.45) is 0.226. The van der Waals surface area contributed by atoms with Gasteiger partial charge in [-0.1, -0.05) is 40.2 Å². The van der Waals surface area contributed by atoms with Crippen molar-refractivity contribution in [3.05, 3.63) is 64.1 Å². The van der Waals surface area contributed by atoms with Crippen LogP contribution in [0.15, 0.2) is 53.0 Å². The number of halogens is 1. The number of amides is 2. The Kier molecular flexibility index (Phi) is 7.85. The Bertz CT molecular complexity index is 760. The van der Waals surface area contributed by atoms with Crippen molar-refractivity contribution in [2.75, 3.05) is 13.7 Å². The van der Waals surface area contributed by atoms with Gasteiger partial charge >= 0.3 is 0 Å². The normalized spacial score (nSPS) is 11.6. The van der Waals surface area contributed by atoms with Crippen LogP contribution in [0, 0.1) is 0 Å². The number of ether oxygens (including phenoxy) is 1. The molecular weight excluding hydrogens is 408 g/mol. The number of rotatable bonds is 8. The maximum absolute atomic E-state index is 13.0. The van der Waals surface area contributed by atoms with Crippen LogP contribution in [0.4, 0.5) is 0 Å². The minimum absolute atomic E-state index is 0.0955. The van der Waals surface area contributed by atoms with Gasteiger partial charge in [0.05, 0.1) is 13.5 Å². The Balaban J connectivity index is 2.19. The SMILES string of the molecule is CCNC(=O)[C@H](C)N(Cc1ccc(Br)cc1)C(=O)Cc1ccc(OC)cc1. The first kappa shape index (κ1) is 21.0. The van der Waals surface area contributed by atoms with Crippen molar-refractivity contribution in [3.63, 3.8) is 0 Å². The average molecular weight is 433 g/mol. The molecule has 0 aliphatic heterocycles. The molecule has 0 aromatic heterocycles. The van der Waals surface area contributed by atoms with Gasteiger partial charge in [0.15, 0.2) is 0 Å². The summed E-state index contributed by atoms with van der Waals surface area (Å²) < 4.78 is 6.13. The smallest absolute Gasteiger partial charge is 0.242 e. The van der Waals surface area contributed by atoms with E-state index >= 15 is 0 Å². The van der Waals surface area contributed by atoms with Crippen molar-refractivity contribution in [1.29, 1.82) is 0 Å². The third kappa shape index (κ3) is 6.10. The van der Waals surface area contributed by atoms with Crippen LogP contribution in [0.1, 0.15) is 25.0 Å². The van der Waals surface area contributed by atoms with E-state index in [0.29, 0.717) is 13.1 Å². The van der Waals surface area contributed by atoms with Gasteiger partial charge < -0.3 is 15.0 Å². The molecule has 1 N–H and O–H groups in total.